The van der Waals surface area contributed by atoms with Crippen LogP contribution in [0.5, 0.6) is 5.75 Å². The summed E-state index contributed by atoms with van der Waals surface area (Å²) in [5.41, 5.74) is 2.81. The van der Waals surface area contributed by atoms with Gasteiger partial charge in [0.2, 0.25) is 0 Å². The van der Waals surface area contributed by atoms with Crippen molar-refractivity contribution in [3.05, 3.63) is 83.5 Å². The number of amidine groups is 1. The van der Waals surface area contributed by atoms with Crippen LogP contribution >= 0.6 is 11.8 Å². The summed E-state index contributed by atoms with van der Waals surface area (Å²) < 4.78 is 13.1. The molecule has 0 aliphatic carbocycles. The predicted octanol–water partition coefficient (Wildman–Crippen LogP) is 5.27. The van der Waals surface area contributed by atoms with E-state index in [1.165, 1.54) is 11.8 Å². The van der Waals surface area contributed by atoms with E-state index >= 15 is 0 Å². The second-order valence-corrected chi connectivity index (χ2v) is 8.95. The molecule has 2 fully saturated rings. The summed E-state index contributed by atoms with van der Waals surface area (Å²) in [6.07, 6.45) is 8.00. The van der Waals surface area contributed by atoms with Gasteiger partial charge in [0.05, 0.1) is 30.4 Å². The molecule has 5 rings (SSSR count). The van der Waals surface area contributed by atoms with Gasteiger partial charge in [0, 0.05) is 24.7 Å². The highest BCUT2D eigenvalue weighted by Crippen LogP contribution is 2.35. The van der Waals surface area contributed by atoms with Crippen LogP contribution in [-0.4, -0.2) is 46.9 Å². The van der Waals surface area contributed by atoms with Crippen LogP contribution in [0.2, 0.25) is 0 Å². The van der Waals surface area contributed by atoms with Crippen molar-refractivity contribution in [2.24, 2.45) is 4.99 Å². The fourth-order valence-corrected chi connectivity index (χ4v) is 4.93. The van der Waals surface area contributed by atoms with E-state index < -0.39 is 0 Å². The molecule has 2 aromatic carbocycles. The molecule has 33 heavy (non-hydrogen) atoms. The third-order valence-corrected chi connectivity index (χ3v) is 6.67. The first-order valence-electron chi connectivity index (χ1n) is 11.0. The van der Waals surface area contributed by atoms with Gasteiger partial charge in [0.1, 0.15) is 5.75 Å². The lowest BCUT2D eigenvalue weighted by Gasteiger charge is -2.19. The molecule has 0 N–H and O–H groups in total. The standard InChI is InChI=1S/C26H25N3O3S/c1-31-22-11-9-21(10-12-22)28-14-13-19(17-28)16-24-25(30)29(18-23-8-5-15-32-23)26(33-24)27-20-6-3-2-4-7-20/h2-4,6-7,9-14,16-17,23H,5,8,15,18H2,1H3/b24-16+,27-26?. The van der Waals surface area contributed by atoms with Crippen molar-refractivity contribution >= 4 is 34.6 Å². The predicted molar refractivity (Wildman–Crippen MR) is 132 cm³/mol. The Morgan fingerprint density at radius 1 is 1.15 bits per heavy atom. The van der Waals surface area contributed by atoms with Crippen LogP contribution in [0.15, 0.2) is 83.0 Å². The fraction of sp³-hybridized carbons (Fsp3) is 0.231. The number of para-hydroxylation sites is 1. The molecule has 2 aliphatic heterocycles. The number of benzene rings is 2. The van der Waals surface area contributed by atoms with Gasteiger partial charge in [0.15, 0.2) is 5.17 Å². The average Bonchev–Trinajstić information content (AvgIpc) is 3.59. The van der Waals surface area contributed by atoms with E-state index in [0.717, 1.165) is 42.1 Å². The third-order valence-electron chi connectivity index (χ3n) is 5.66. The van der Waals surface area contributed by atoms with Crippen LogP contribution in [0.1, 0.15) is 18.4 Å². The molecule has 168 valence electrons. The molecule has 2 saturated heterocycles. The van der Waals surface area contributed by atoms with E-state index in [1.54, 1.807) is 12.0 Å². The summed E-state index contributed by atoms with van der Waals surface area (Å²) in [6, 6.07) is 19.6. The Kier molecular flexibility index (Phi) is 6.32. The minimum Gasteiger partial charge on any atom is -0.497 e. The third kappa shape index (κ3) is 4.89. The van der Waals surface area contributed by atoms with Crippen molar-refractivity contribution in [3.63, 3.8) is 0 Å². The molecule has 0 spiro atoms. The fourth-order valence-electron chi connectivity index (χ4n) is 3.92. The summed E-state index contributed by atoms with van der Waals surface area (Å²) in [6.45, 7) is 1.29. The number of hydrogen-bond acceptors (Lipinski definition) is 5. The first-order chi connectivity index (χ1) is 16.2. The minimum atomic E-state index is -0.0256. The largest absolute Gasteiger partial charge is 0.497 e. The highest BCUT2D eigenvalue weighted by Gasteiger charge is 2.35. The number of rotatable bonds is 6. The van der Waals surface area contributed by atoms with Crippen molar-refractivity contribution < 1.29 is 14.3 Å². The van der Waals surface area contributed by atoms with Crippen molar-refractivity contribution in [1.29, 1.82) is 0 Å². The molecule has 3 aromatic rings. The van der Waals surface area contributed by atoms with E-state index in [4.69, 9.17) is 14.5 Å². The number of carbonyl (C=O) groups is 1. The number of aromatic nitrogens is 1. The van der Waals surface area contributed by atoms with Gasteiger partial charge in [-0.2, -0.15) is 0 Å². The normalized spacial score (nSPS) is 20.8. The molecule has 1 amide bonds. The van der Waals surface area contributed by atoms with Crippen LogP contribution in [-0.2, 0) is 9.53 Å². The Morgan fingerprint density at radius 3 is 2.70 bits per heavy atom. The summed E-state index contributed by atoms with van der Waals surface area (Å²) in [7, 11) is 1.66. The van der Waals surface area contributed by atoms with E-state index in [2.05, 4.69) is 0 Å². The highest BCUT2D eigenvalue weighted by molar-refractivity contribution is 8.18. The lowest BCUT2D eigenvalue weighted by molar-refractivity contribution is -0.123. The van der Waals surface area contributed by atoms with Gasteiger partial charge < -0.3 is 14.0 Å². The second-order valence-electron chi connectivity index (χ2n) is 7.94. The molecule has 3 heterocycles. The molecule has 7 heteroatoms. The van der Waals surface area contributed by atoms with Crippen molar-refractivity contribution in [3.8, 4) is 11.4 Å². The van der Waals surface area contributed by atoms with Gasteiger partial charge in [-0.1, -0.05) is 18.2 Å². The second kappa shape index (κ2) is 9.68. The summed E-state index contributed by atoms with van der Waals surface area (Å²) in [5, 5.41) is 0.697. The number of ether oxygens (including phenoxy) is 2. The maximum absolute atomic E-state index is 13.3. The Hall–Kier alpha value is -3.29. The number of thioether (sulfide) groups is 1. The maximum atomic E-state index is 13.3. The SMILES string of the molecule is COc1ccc(-n2ccc(/C=C3/SC(=Nc4ccccc4)N(CC4CCCO4)C3=O)c2)cc1. The van der Waals surface area contributed by atoms with Gasteiger partial charge in [-0.15, -0.1) is 0 Å². The van der Waals surface area contributed by atoms with Gasteiger partial charge >= 0.3 is 0 Å². The number of carbonyl (C=O) groups excluding carboxylic acids is 1. The van der Waals surface area contributed by atoms with Crippen LogP contribution < -0.4 is 4.74 Å². The Morgan fingerprint density at radius 2 is 1.97 bits per heavy atom. The molecule has 2 aliphatic rings. The summed E-state index contributed by atoms with van der Waals surface area (Å²) >= 11 is 1.42. The average molecular weight is 460 g/mol. The van der Waals surface area contributed by atoms with Crippen molar-refractivity contribution in [2.75, 3.05) is 20.3 Å². The number of methoxy groups -OCH3 is 1. The van der Waals surface area contributed by atoms with Crippen molar-refractivity contribution in [2.45, 2.75) is 18.9 Å². The molecular formula is C26H25N3O3S. The van der Waals surface area contributed by atoms with E-state index in [9.17, 15) is 4.79 Å². The van der Waals surface area contributed by atoms with Gasteiger partial charge in [0.25, 0.3) is 5.91 Å². The monoisotopic (exact) mass is 459 g/mol. The Labute approximate surface area is 197 Å². The quantitative estimate of drug-likeness (QED) is 0.471. The first-order valence-corrected chi connectivity index (χ1v) is 11.8. The number of amides is 1. The van der Waals surface area contributed by atoms with Crippen LogP contribution in [0.3, 0.4) is 0 Å². The van der Waals surface area contributed by atoms with Crippen LogP contribution in [0.4, 0.5) is 5.69 Å². The van der Waals surface area contributed by atoms with Crippen LogP contribution in [0, 0.1) is 0 Å². The summed E-state index contributed by atoms with van der Waals surface area (Å²) in [4.78, 5) is 20.5. The zero-order valence-corrected chi connectivity index (χ0v) is 19.2. The topological polar surface area (TPSA) is 56.1 Å². The van der Waals surface area contributed by atoms with Crippen molar-refractivity contribution in [1.82, 2.24) is 9.47 Å². The number of hydrogen-bond donors (Lipinski definition) is 0. The highest BCUT2D eigenvalue weighted by atomic mass is 32.2. The minimum absolute atomic E-state index is 0.0256. The van der Waals surface area contributed by atoms with Gasteiger partial charge in [-0.25, -0.2) is 4.99 Å². The molecular weight excluding hydrogens is 434 g/mol. The molecule has 1 aromatic heterocycles. The maximum Gasteiger partial charge on any atom is 0.266 e. The smallest absolute Gasteiger partial charge is 0.266 e. The van der Waals surface area contributed by atoms with E-state index in [0.29, 0.717) is 16.6 Å². The molecule has 0 radical (unpaired) electrons. The molecule has 1 unspecified atom stereocenters. The lowest BCUT2D eigenvalue weighted by atomic mass is 10.2. The van der Waals surface area contributed by atoms with Gasteiger partial charge in [-0.3, -0.25) is 9.69 Å². The zero-order valence-electron chi connectivity index (χ0n) is 18.4. The first kappa shape index (κ1) is 21.6. The number of aliphatic imine (C=N–C) groups is 1. The van der Waals surface area contributed by atoms with Gasteiger partial charge in [-0.05, 0) is 78.7 Å². The molecule has 0 bridgehead atoms. The zero-order chi connectivity index (χ0) is 22.6. The Bertz CT molecular complexity index is 1180. The molecule has 0 saturated carbocycles. The molecule has 6 nitrogen and oxygen atoms in total. The lowest BCUT2D eigenvalue weighted by Crippen LogP contribution is -2.36. The summed E-state index contributed by atoms with van der Waals surface area (Å²) in [5.74, 6) is 0.792. The molecule has 1 atom stereocenters. The Balaban J connectivity index is 1.41. The van der Waals surface area contributed by atoms with E-state index in [-0.39, 0.29) is 12.0 Å². The van der Waals surface area contributed by atoms with E-state index in [1.807, 2.05) is 83.7 Å². The van der Waals surface area contributed by atoms with Crippen LogP contribution in [0.25, 0.3) is 11.8 Å². The number of nitrogens with zero attached hydrogens (tertiary/aromatic N) is 3.